The van der Waals surface area contributed by atoms with Crippen molar-refractivity contribution in [1.82, 2.24) is 5.43 Å². The van der Waals surface area contributed by atoms with Crippen LogP contribution in [0.5, 0.6) is 0 Å². The number of nitrogen functional groups attached to an aromatic ring is 1. The number of nitrogens with zero attached hydrogens (tertiary/aromatic N) is 1. The van der Waals surface area contributed by atoms with Crippen molar-refractivity contribution in [1.29, 1.82) is 0 Å². The Morgan fingerprint density at radius 1 is 0.696 bits per heavy atom. The zero-order valence-corrected chi connectivity index (χ0v) is 12.5. The largest absolute Gasteiger partial charge is 0.311 e. The zero-order chi connectivity index (χ0) is 16.1. The molecule has 4 heteroatoms. The molecule has 0 aromatic heterocycles. The highest BCUT2D eigenvalue weighted by Crippen LogP contribution is 2.33. The fourth-order valence-corrected chi connectivity index (χ4v) is 2.45. The Kier molecular flexibility index (Phi) is 4.36. The second-order valence-electron chi connectivity index (χ2n) is 5.03. The van der Waals surface area contributed by atoms with Crippen LogP contribution in [0.1, 0.15) is 10.4 Å². The van der Waals surface area contributed by atoms with Crippen LogP contribution in [0.25, 0.3) is 0 Å². The molecule has 0 saturated heterocycles. The molecule has 4 nitrogen and oxygen atoms in total. The summed E-state index contributed by atoms with van der Waals surface area (Å²) < 4.78 is 0. The molecule has 0 aliphatic heterocycles. The summed E-state index contributed by atoms with van der Waals surface area (Å²) in [7, 11) is 0. The van der Waals surface area contributed by atoms with E-state index < -0.39 is 0 Å². The molecule has 0 spiro atoms. The molecule has 0 atom stereocenters. The Morgan fingerprint density at radius 3 is 1.57 bits per heavy atom. The number of hydrogen-bond donors (Lipinski definition) is 2. The van der Waals surface area contributed by atoms with Crippen molar-refractivity contribution in [2.24, 2.45) is 5.84 Å². The van der Waals surface area contributed by atoms with Crippen molar-refractivity contribution in [2.75, 3.05) is 4.90 Å². The number of anilines is 3. The Hall–Kier alpha value is -3.11. The van der Waals surface area contributed by atoms with Crippen LogP contribution in [0.3, 0.4) is 0 Å². The highest BCUT2D eigenvalue weighted by atomic mass is 16.2. The Labute approximate surface area is 135 Å². The Bertz CT molecular complexity index is 731. The number of nitrogens with two attached hydrogens (primary N) is 1. The van der Waals surface area contributed by atoms with Crippen LogP contribution in [0.15, 0.2) is 84.9 Å². The quantitative estimate of drug-likeness (QED) is 0.438. The van der Waals surface area contributed by atoms with E-state index in [4.69, 9.17) is 5.84 Å². The maximum Gasteiger partial charge on any atom is 0.265 e. The van der Waals surface area contributed by atoms with Gasteiger partial charge in [0.25, 0.3) is 5.91 Å². The van der Waals surface area contributed by atoms with Crippen LogP contribution < -0.4 is 16.2 Å². The van der Waals surface area contributed by atoms with Crippen LogP contribution in [-0.4, -0.2) is 5.91 Å². The molecule has 114 valence electrons. The standard InChI is InChI=1S/C19H17N3O/c20-21-19(23)15-11-13-18(14-12-15)22(16-7-3-1-4-8-16)17-9-5-2-6-10-17/h1-14H,20H2,(H,21,23). The first-order chi connectivity index (χ1) is 11.3. The fourth-order valence-electron chi connectivity index (χ4n) is 2.45. The van der Waals surface area contributed by atoms with E-state index in [1.807, 2.05) is 72.8 Å². The summed E-state index contributed by atoms with van der Waals surface area (Å²) >= 11 is 0. The molecule has 3 rings (SSSR count). The number of benzene rings is 3. The molecule has 0 aliphatic carbocycles. The number of carbonyl (C=O) groups excluding carboxylic acids is 1. The normalized spacial score (nSPS) is 10.1. The van der Waals surface area contributed by atoms with Crippen molar-refractivity contribution in [3.05, 3.63) is 90.5 Å². The van der Waals surface area contributed by atoms with Crippen molar-refractivity contribution in [3.63, 3.8) is 0 Å². The van der Waals surface area contributed by atoms with Gasteiger partial charge in [-0.15, -0.1) is 0 Å². The lowest BCUT2D eigenvalue weighted by atomic mass is 10.1. The SMILES string of the molecule is NNC(=O)c1ccc(N(c2ccccc2)c2ccccc2)cc1. The van der Waals surface area contributed by atoms with E-state index in [9.17, 15) is 4.79 Å². The number of carbonyl (C=O) groups is 1. The van der Waals surface area contributed by atoms with Gasteiger partial charge in [0.2, 0.25) is 0 Å². The minimum Gasteiger partial charge on any atom is -0.311 e. The fraction of sp³-hybridized carbons (Fsp3) is 0. The first-order valence-corrected chi connectivity index (χ1v) is 7.31. The first kappa shape index (κ1) is 14.8. The summed E-state index contributed by atoms with van der Waals surface area (Å²) in [6.45, 7) is 0. The average Bonchev–Trinajstić information content (AvgIpc) is 2.64. The monoisotopic (exact) mass is 303 g/mol. The van der Waals surface area contributed by atoms with Gasteiger partial charge >= 0.3 is 0 Å². The lowest BCUT2D eigenvalue weighted by Crippen LogP contribution is -2.29. The zero-order valence-electron chi connectivity index (χ0n) is 12.5. The number of hydrazine groups is 1. The molecule has 0 radical (unpaired) electrons. The van der Waals surface area contributed by atoms with Crippen LogP contribution in [0.2, 0.25) is 0 Å². The maximum absolute atomic E-state index is 11.6. The molecule has 23 heavy (non-hydrogen) atoms. The van der Waals surface area contributed by atoms with Crippen molar-refractivity contribution >= 4 is 23.0 Å². The molecule has 3 aromatic rings. The first-order valence-electron chi connectivity index (χ1n) is 7.31. The molecule has 0 aliphatic rings. The summed E-state index contributed by atoms with van der Waals surface area (Å²) in [5.41, 5.74) is 5.74. The van der Waals surface area contributed by atoms with Crippen molar-refractivity contribution in [3.8, 4) is 0 Å². The number of nitrogens with one attached hydrogen (secondary N) is 1. The predicted molar refractivity (Wildman–Crippen MR) is 92.8 cm³/mol. The van der Waals surface area contributed by atoms with Crippen LogP contribution >= 0.6 is 0 Å². The van der Waals surface area contributed by atoms with Gasteiger partial charge in [0.1, 0.15) is 0 Å². The minimum atomic E-state index is -0.303. The number of amides is 1. The van der Waals surface area contributed by atoms with E-state index >= 15 is 0 Å². The van der Waals surface area contributed by atoms with Gasteiger partial charge in [-0.25, -0.2) is 5.84 Å². The molecule has 1 amide bonds. The molecule has 3 aromatic carbocycles. The summed E-state index contributed by atoms with van der Waals surface area (Å²) in [6.07, 6.45) is 0. The molecule has 3 N–H and O–H groups in total. The second kappa shape index (κ2) is 6.77. The molecular weight excluding hydrogens is 286 g/mol. The van der Waals surface area contributed by atoms with E-state index in [1.165, 1.54) is 0 Å². The van der Waals surface area contributed by atoms with E-state index in [-0.39, 0.29) is 5.91 Å². The van der Waals surface area contributed by atoms with Gasteiger partial charge in [0.15, 0.2) is 0 Å². The molecule has 0 unspecified atom stereocenters. The maximum atomic E-state index is 11.6. The topological polar surface area (TPSA) is 58.4 Å². The summed E-state index contributed by atoms with van der Waals surface area (Å²) in [4.78, 5) is 13.7. The lowest BCUT2D eigenvalue weighted by molar-refractivity contribution is 0.0953. The highest BCUT2D eigenvalue weighted by Gasteiger charge is 2.12. The Morgan fingerprint density at radius 2 is 1.13 bits per heavy atom. The van der Waals surface area contributed by atoms with Gasteiger partial charge < -0.3 is 4.90 Å². The predicted octanol–water partition coefficient (Wildman–Crippen LogP) is 3.76. The molecule has 0 bridgehead atoms. The molecule has 0 fully saturated rings. The van der Waals surface area contributed by atoms with Crippen LogP contribution in [0.4, 0.5) is 17.1 Å². The Balaban J connectivity index is 2.04. The van der Waals surface area contributed by atoms with Crippen LogP contribution in [0, 0.1) is 0 Å². The number of rotatable bonds is 4. The van der Waals surface area contributed by atoms with Gasteiger partial charge in [0, 0.05) is 22.6 Å². The van der Waals surface area contributed by atoms with E-state index in [0.717, 1.165) is 17.1 Å². The van der Waals surface area contributed by atoms with Crippen molar-refractivity contribution in [2.45, 2.75) is 0 Å². The van der Waals surface area contributed by atoms with Gasteiger partial charge in [-0.2, -0.15) is 0 Å². The van der Waals surface area contributed by atoms with Gasteiger partial charge in [-0.3, -0.25) is 10.2 Å². The van der Waals surface area contributed by atoms with E-state index in [2.05, 4.69) is 10.3 Å². The van der Waals surface area contributed by atoms with Crippen molar-refractivity contribution < 1.29 is 4.79 Å². The highest BCUT2D eigenvalue weighted by molar-refractivity contribution is 5.94. The third-order valence-electron chi connectivity index (χ3n) is 3.55. The summed E-state index contributed by atoms with van der Waals surface area (Å²) in [5.74, 6) is 4.87. The molecule has 0 heterocycles. The molecule has 0 saturated carbocycles. The second-order valence-corrected chi connectivity index (χ2v) is 5.03. The average molecular weight is 303 g/mol. The van der Waals surface area contributed by atoms with Gasteiger partial charge in [-0.05, 0) is 48.5 Å². The van der Waals surface area contributed by atoms with E-state index in [1.54, 1.807) is 12.1 Å². The van der Waals surface area contributed by atoms with Gasteiger partial charge in [0.05, 0.1) is 0 Å². The number of para-hydroxylation sites is 2. The third-order valence-corrected chi connectivity index (χ3v) is 3.55. The summed E-state index contributed by atoms with van der Waals surface area (Å²) in [5, 5.41) is 0. The van der Waals surface area contributed by atoms with Gasteiger partial charge in [-0.1, -0.05) is 36.4 Å². The minimum absolute atomic E-state index is 0.303. The third kappa shape index (κ3) is 3.22. The number of hydrogen-bond acceptors (Lipinski definition) is 3. The summed E-state index contributed by atoms with van der Waals surface area (Å²) in [6, 6.07) is 27.5. The van der Waals surface area contributed by atoms with E-state index in [0.29, 0.717) is 5.56 Å². The smallest absolute Gasteiger partial charge is 0.265 e. The van der Waals surface area contributed by atoms with Crippen LogP contribution in [-0.2, 0) is 0 Å². The molecular formula is C19H17N3O. The lowest BCUT2D eigenvalue weighted by Gasteiger charge is -2.25.